The minimum Gasteiger partial charge on any atom is -0.0795 e. The molecule has 0 N–H and O–H groups in total. The van der Waals surface area contributed by atoms with E-state index in [0.717, 1.165) is 12.8 Å². The number of allylic oxidation sites excluding steroid dienone is 3. The van der Waals surface area contributed by atoms with E-state index in [0.29, 0.717) is 0 Å². The highest BCUT2D eigenvalue weighted by atomic mass is 14.4. The first-order valence-corrected chi connectivity index (χ1v) is 20.4. The van der Waals surface area contributed by atoms with Crippen LogP contribution in [0.1, 0.15) is 48.1 Å². The average molecular weight is 723 g/mol. The summed E-state index contributed by atoms with van der Waals surface area (Å²) in [7, 11) is 0. The van der Waals surface area contributed by atoms with E-state index in [9.17, 15) is 0 Å². The summed E-state index contributed by atoms with van der Waals surface area (Å²) in [5, 5.41) is 13.3. The summed E-state index contributed by atoms with van der Waals surface area (Å²) in [4.78, 5) is 0. The molecular weight excluding hydrogens is 685 g/mol. The maximum absolute atomic E-state index is 2.49. The van der Waals surface area contributed by atoms with Gasteiger partial charge < -0.3 is 0 Å². The van der Waals surface area contributed by atoms with Gasteiger partial charge >= 0.3 is 0 Å². The van der Waals surface area contributed by atoms with Crippen LogP contribution in [0.5, 0.6) is 0 Å². The van der Waals surface area contributed by atoms with E-state index in [1.165, 1.54) is 132 Å². The predicted octanol–water partition coefficient (Wildman–Crippen LogP) is 15.6. The lowest BCUT2D eigenvalue weighted by Gasteiger charge is -2.25. The molecule has 3 aliphatic rings. The molecule has 57 heavy (non-hydrogen) atoms. The van der Waals surface area contributed by atoms with Gasteiger partial charge in [0.25, 0.3) is 0 Å². The van der Waals surface area contributed by atoms with E-state index in [-0.39, 0.29) is 5.41 Å². The third kappa shape index (κ3) is 4.23. The Labute approximate surface area is 332 Å². The molecule has 0 atom stereocenters. The predicted molar refractivity (Wildman–Crippen MR) is 244 cm³/mol. The van der Waals surface area contributed by atoms with Crippen molar-refractivity contribution in [2.24, 2.45) is 0 Å². The SMILES string of the molecule is CC1(C)c2cc(-c3ccc(-c4ccc5ccc6cccc7ccc4c5c67)c4ccccc34)ccc2-c2ccc(-c3ccc4c5c6c(ccc35)C=CCC6=CC4)cc21. The second kappa shape index (κ2) is 11.2. The minimum atomic E-state index is -0.144. The van der Waals surface area contributed by atoms with Gasteiger partial charge in [0, 0.05) is 5.41 Å². The zero-order chi connectivity index (χ0) is 37.6. The van der Waals surface area contributed by atoms with Gasteiger partial charge in [0.1, 0.15) is 0 Å². The Kier molecular flexibility index (Phi) is 6.17. The van der Waals surface area contributed by atoms with Gasteiger partial charge in [0.05, 0.1) is 0 Å². The van der Waals surface area contributed by atoms with Crippen molar-refractivity contribution < 1.29 is 0 Å². The molecule has 10 aromatic carbocycles. The van der Waals surface area contributed by atoms with E-state index in [2.05, 4.69) is 184 Å². The molecule has 0 bridgehead atoms. The first-order valence-electron chi connectivity index (χ1n) is 20.4. The quantitative estimate of drug-likeness (QED) is 0.159. The molecule has 0 heterocycles. The van der Waals surface area contributed by atoms with E-state index in [1.54, 1.807) is 0 Å². The fourth-order valence-corrected chi connectivity index (χ4v) is 11.1. The van der Waals surface area contributed by atoms with Crippen LogP contribution in [0.15, 0.2) is 164 Å². The Morgan fingerprint density at radius 2 is 0.982 bits per heavy atom. The highest BCUT2D eigenvalue weighted by Crippen LogP contribution is 2.52. The van der Waals surface area contributed by atoms with Gasteiger partial charge in [-0.2, -0.15) is 0 Å². The summed E-state index contributed by atoms with van der Waals surface area (Å²) in [5.74, 6) is 0. The molecule has 0 saturated carbocycles. The molecule has 10 aromatic rings. The van der Waals surface area contributed by atoms with E-state index < -0.39 is 0 Å². The molecule has 0 saturated heterocycles. The smallest absolute Gasteiger partial charge is 0.0159 e. The number of fused-ring (bicyclic) bond motifs is 4. The van der Waals surface area contributed by atoms with Gasteiger partial charge in [-0.25, -0.2) is 0 Å². The third-order valence-corrected chi connectivity index (χ3v) is 13.9. The van der Waals surface area contributed by atoms with Gasteiger partial charge in [0.15, 0.2) is 0 Å². The van der Waals surface area contributed by atoms with Crippen molar-refractivity contribution in [3.63, 3.8) is 0 Å². The molecule has 0 nitrogen and oxygen atoms in total. The number of hydrogen-bond donors (Lipinski definition) is 0. The Morgan fingerprint density at radius 1 is 0.421 bits per heavy atom. The minimum absolute atomic E-state index is 0.144. The lowest BCUT2D eigenvalue weighted by molar-refractivity contribution is 0.661. The second-order valence-corrected chi connectivity index (χ2v) is 17.1. The molecule has 0 aliphatic heterocycles. The lowest BCUT2D eigenvalue weighted by Crippen LogP contribution is -2.15. The summed E-state index contributed by atoms with van der Waals surface area (Å²) in [6, 6.07) is 58.1. The van der Waals surface area contributed by atoms with Gasteiger partial charge in [-0.15, -0.1) is 0 Å². The Balaban J connectivity index is 0.926. The molecule has 0 fully saturated rings. The van der Waals surface area contributed by atoms with Gasteiger partial charge in [0.2, 0.25) is 0 Å². The molecule has 13 rings (SSSR count). The van der Waals surface area contributed by atoms with Crippen molar-refractivity contribution in [1.29, 1.82) is 0 Å². The van der Waals surface area contributed by atoms with Crippen molar-refractivity contribution in [2.45, 2.75) is 32.1 Å². The lowest BCUT2D eigenvalue weighted by atomic mass is 9.78. The van der Waals surface area contributed by atoms with Crippen molar-refractivity contribution in [3.8, 4) is 44.5 Å². The molecule has 0 aromatic heterocycles. The van der Waals surface area contributed by atoms with Crippen LogP contribution in [-0.2, 0) is 11.8 Å². The van der Waals surface area contributed by atoms with Crippen LogP contribution >= 0.6 is 0 Å². The average Bonchev–Trinajstić information content (AvgIpc) is 3.49. The molecule has 3 aliphatic carbocycles. The Hall–Kier alpha value is -6.76. The van der Waals surface area contributed by atoms with Crippen molar-refractivity contribution in [2.75, 3.05) is 0 Å². The fraction of sp³-hybridized carbons (Fsp3) is 0.0877. The van der Waals surface area contributed by atoms with Crippen LogP contribution in [0.3, 0.4) is 0 Å². The molecule has 0 unspecified atom stereocenters. The van der Waals surface area contributed by atoms with Crippen LogP contribution in [0, 0.1) is 0 Å². The van der Waals surface area contributed by atoms with Crippen LogP contribution < -0.4 is 0 Å². The largest absolute Gasteiger partial charge is 0.0795 e. The highest BCUT2D eigenvalue weighted by molar-refractivity contribution is 6.26. The van der Waals surface area contributed by atoms with E-state index >= 15 is 0 Å². The van der Waals surface area contributed by atoms with Crippen molar-refractivity contribution in [1.82, 2.24) is 0 Å². The third-order valence-electron chi connectivity index (χ3n) is 13.9. The number of rotatable bonds is 3. The normalized spacial score (nSPS) is 14.9. The summed E-state index contributed by atoms with van der Waals surface area (Å²) in [6.45, 7) is 4.83. The van der Waals surface area contributed by atoms with Gasteiger partial charge in [-0.1, -0.05) is 172 Å². The van der Waals surface area contributed by atoms with Crippen LogP contribution in [-0.4, -0.2) is 0 Å². The molecule has 0 heteroatoms. The molecular formula is C57H38. The summed E-state index contributed by atoms with van der Waals surface area (Å²) in [6.07, 6.45) is 9.11. The maximum atomic E-state index is 2.49. The summed E-state index contributed by atoms with van der Waals surface area (Å²) < 4.78 is 0. The second-order valence-electron chi connectivity index (χ2n) is 17.1. The standard InChI is InChI=1S/C57H38/c1-57(2)51-31-39(21-25-47(51)48-26-22-40(32-52(48)57)42-23-17-37-15-13-33-7-5-9-35-19-27-49(42)55(37)53(33)35)41-29-30-45(44-12-4-3-11-43(41)44)46-24-18-38-16-14-34-8-6-10-36-20-28-50(46)56(38)54(34)36/h3-6,8-14,16-32H,7,15H2,1-2H3. The number of hydrogen-bond acceptors (Lipinski definition) is 0. The molecule has 0 radical (unpaired) electrons. The first-order chi connectivity index (χ1) is 28.0. The van der Waals surface area contributed by atoms with E-state index in [4.69, 9.17) is 0 Å². The monoisotopic (exact) mass is 722 g/mol. The van der Waals surface area contributed by atoms with Crippen LogP contribution in [0.25, 0.3) is 110 Å². The highest BCUT2D eigenvalue weighted by Gasteiger charge is 2.36. The maximum Gasteiger partial charge on any atom is 0.0159 e. The summed E-state index contributed by atoms with van der Waals surface area (Å²) >= 11 is 0. The van der Waals surface area contributed by atoms with Crippen molar-refractivity contribution >= 4 is 65.5 Å². The Morgan fingerprint density at radius 3 is 1.75 bits per heavy atom. The molecule has 0 spiro atoms. The van der Waals surface area contributed by atoms with Gasteiger partial charge in [-0.3, -0.25) is 0 Å². The first kappa shape index (κ1) is 31.4. The summed E-state index contributed by atoms with van der Waals surface area (Å²) in [5.41, 5.74) is 18.9. The topological polar surface area (TPSA) is 0 Å². The number of benzene rings is 10. The van der Waals surface area contributed by atoms with E-state index in [1.807, 2.05) is 0 Å². The zero-order valence-corrected chi connectivity index (χ0v) is 32.1. The van der Waals surface area contributed by atoms with Crippen LogP contribution in [0.2, 0.25) is 0 Å². The van der Waals surface area contributed by atoms with Gasteiger partial charge in [-0.05, 0) is 157 Å². The van der Waals surface area contributed by atoms with Crippen molar-refractivity contribution in [3.05, 3.63) is 192 Å². The molecule has 0 amide bonds. The van der Waals surface area contributed by atoms with Crippen LogP contribution in [0.4, 0.5) is 0 Å². The fourth-order valence-electron chi connectivity index (χ4n) is 11.1. The zero-order valence-electron chi connectivity index (χ0n) is 32.1. The molecule has 266 valence electrons. The Bertz CT molecular complexity index is 3460.